The van der Waals surface area contributed by atoms with Crippen LogP contribution in [0.25, 0.3) is 0 Å². The van der Waals surface area contributed by atoms with Gasteiger partial charge in [-0.05, 0) is 51.9 Å². The first-order valence-electron chi connectivity index (χ1n) is 5.34. The van der Waals surface area contributed by atoms with E-state index in [0.717, 1.165) is 15.6 Å². The van der Waals surface area contributed by atoms with Crippen LogP contribution in [0.4, 0.5) is 0 Å². The molecule has 0 aliphatic heterocycles. The van der Waals surface area contributed by atoms with Crippen LogP contribution in [0.15, 0.2) is 53.0 Å². The predicted octanol–water partition coefficient (Wildman–Crippen LogP) is 4.33. The second-order valence-electron chi connectivity index (χ2n) is 3.87. The summed E-state index contributed by atoms with van der Waals surface area (Å²) in [6, 6.07) is 16.0. The van der Waals surface area contributed by atoms with E-state index in [1.807, 2.05) is 24.3 Å². The average Bonchev–Trinajstić information content (AvgIpc) is 2.32. The van der Waals surface area contributed by atoms with Crippen LogP contribution in [0.3, 0.4) is 0 Å². The zero-order chi connectivity index (χ0) is 12.3. The maximum absolute atomic E-state index is 10.2. The minimum atomic E-state index is -0.467. The molecule has 0 radical (unpaired) electrons. The summed E-state index contributed by atoms with van der Waals surface area (Å²) in [5.41, 5.74) is 2.08. The number of hydrogen-bond donors (Lipinski definition) is 1. The Morgan fingerprint density at radius 1 is 1.06 bits per heavy atom. The largest absolute Gasteiger partial charge is 0.388 e. The number of benzene rings is 2. The lowest BCUT2D eigenvalue weighted by Gasteiger charge is -2.12. The van der Waals surface area contributed by atoms with Gasteiger partial charge in [-0.2, -0.15) is 0 Å². The molecule has 0 saturated heterocycles. The molecule has 17 heavy (non-hydrogen) atoms. The molecule has 0 amide bonds. The normalized spacial score (nSPS) is 12.4. The Hall–Kier alpha value is -0.390. The molecule has 88 valence electrons. The van der Waals surface area contributed by atoms with E-state index in [1.165, 1.54) is 3.57 Å². The fourth-order valence-corrected chi connectivity index (χ4v) is 2.61. The summed E-state index contributed by atoms with van der Waals surface area (Å²) in [7, 11) is 0. The monoisotopic (exact) mass is 402 g/mol. The Morgan fingerprint density at radius 2 is 1.71 bits per heavy atom. The first-order chi connectivity index (χ1) is 8.16. The van der Waals surface area contributed by atoms with Crippen LogP contribution in [-0.4, -0.2) is 5.11 Å². The summed E-state index contributed by atoms with van der Waals surface area (Å²) in [6.07, 6.45) is 0.171. The highest BCUT2D eigenvalue weighted by molar-refractivity contribution is 14.1. The first kappa shape index (κ1) is 13.1. The third kappa shape index (κ3) is 3.53. The Bertz CT molecular complexity index is 496. The molecule has 0 spiro atoms. The van der Waals surface area contributed by atoms with Gasteiger partial charge in [-0.3, -0.25) is 0 Å². The topological polar surface area (TPSA) is 20.2 Å². The molecule has 0 saturated carbocycles. The second kappa shape index (κ2) is 5.98. The summed E-state index contributed by atoms with van der Waals surface area (Å²) in [5, 5.41) is 10.2. The smallest absolute Gasteiger partial charge is 0.0841 e. The van der Waals surface area contributed by atoms with Crippen molar-refractivity contribution in [2.75, 3.05) is 0 Å². The van der Waals surface area contributed by atoms with E-state index in [9.17, 15) is 5.11 Å². The molecule has 0 aliphatic rings. The fourth-order valence-electron chi connectivity index (χ4n) is 1.70. The van der Waals surface area contributed by atoms with E-state index in [-0.39, 0.29) is 0 Å². The second-order valence-corrected chi connectivity index (χ2v) is 5.97. The Kier molecular flexibility index (Phi) is 4.59. The van der Waals surface area contributed by atoms with Crippen LogP contribution in [0, 0.1) is 3.57 Å². The van der Waals surface area contributed by atoms with Crippen LogP contribution in [-0.2, 0) is 6.42 Å². The molecule has 1 atom stereocenters. The number of aliphatic hydroxyl groups excluding tert-OH is 1. The van der Waals surface area contributed by atoms with Crippen molar-refractivity contribution in [3.05, 3.63) is 67.7 Å². The van der Waals surface area contributed by atoms with Gasteiger partial charge in [-0.25, -0.2) is 0 Å². The van der Waals surface area contributed by atoms with Crippen molar-refractivity contribution in [1.29, 1.82) is 0 Å². The summed E-state index contributed by atoms with van der Waals surface area (Å²) < 4.78 is 2.17. The fraction of sp³-hybridized carbons (Fsp3) is 0.143. The van der Waals surface area contributed by atoms with Gasteiger partial charge in [-0.15, -0.1) is 0 Å². The number of halogens is 2. The minimum Gasteiger partial charge on any atom is -0.388 e. The van der Waals surface area contributed by atoms with Gasteiger partial charge in [0.15, 0.2) is 0 Å². The van der Waals surface area contributed by atoms with E-state index in [0.29, 0.717) is 6.42 Å². The lowest BCUT2D eigenvalue weighted by molar-refractivity contribution is 0.177. The summed E-state index contributed by atoms with van der Waals surface area (Å²) >= 11 is 5.74. The molecule has 0 heterocycles. The highest BCUT2D eigenvalue weighted by Crippen LogP contribution is 2.25. The Morgan fingerprint density at radius 3 is 2.35 bits per heavy atom. The van der Waals surface area contributed by atoms with Crippen molar-refractivity contribution in [2.45, 2.75) is 12.5 Å². The molecular formula is C14H12BrIO. The van der Waals surface area contributed by atoms with Gasteiger partial charge in [0.05, 0.1) is 6.10 Å². The molecule has 0 aromatic heterocycles. The van der Waals surface area contributed by atoms with Gasteiger partial charge in [0.1, 0.15) is 0 Å². The predicted molar refractivity (Wildman–Crippen MR) is 82.0 cm³/mol. The van der Waals surface area contributed by atoms with Crippen molar-refractivity contribution < 1.29 is 5.11 Å². The standard InChI is InChI=1S/C14H12BrIO/c15-13-4-2-1-3-12(13)14(17)9-10-5-7-11(16)8-6-10/h1-8,14,17H,9H2. The van der Waals surface area contributed by atoms with Crippen molar-refractivity contribution >= 4 is 38.5 Å². The van der Waals surface area contributed by atoms with Crippen molar-refractivity contribution in [3.63, 3.8) is 0 Å². The van der Waals surface area contributed by atoms with E-state index >= 15 is 0 Å². The quantitative estimate of drug-likeness (QED) is 0.757. The zero-order valence-electron chi connectivity index (χ0n) is 9.11. The number of rotatable bonds is 3. The third-order valence-corrected chi connectivity index (χ3v) is 4.05. The van der Waals surface area contributed by atoms with Crippen LogP contribution >= 0.6 is 38.5 Å². The lowest BCUT2D eigenvalue weighted by atomic mass is 10.0. The third-order valence-electron chi connectivity index (χ3n) is 2.61. The van der Waals surface area contributed by atoms with E-state index in [4.69, 9.17) is 0 Å². The SMILES string of the molecule is OC(Cc1ccc(I)cc1)c1ccccc1Br. The van der Waals surface area contributed by atoms with Gasteiger partial charge in [0, 0.05) is 14.5 Å². The zero-order valence-corrected chi connectivity index (χ0v) is 12.8. The van der Waals surface area contributed by atoms with Crippen molar-refractivity contribution in [3.8, 4) is 0 Å². The van der Waals surface area contributed by atoms with Crippen LogP contribution < -0.4 is 0 Å². The van der Waals surface area contributed by atoms with Crippen LogP contribution in [0.5, 0.6) is 0 Å². The molecule has 1 nitrogen and oxygen atoms in total. The highest BCUT2D eigenvalue weighted by atomic mass is 127. The highest BCUT2D eigenvalue weighted by Gasteiger charge is 2.11. The van der Waals surface area contributed by atoms with Gasteiger partial charge in [-0.1, -0.05) is 46.3 Å². The lowest BCUT2D eigenvalue weighted by Crippen LogP contribution is -2.02. The Labute approximate surface area is 123 Å². The van der Waals surface area contributed by atoms with Gasteiger partial charge in [0.2, 0.25) is 0 Å². The molecule has 2 rings (SSSR count). The molecule has 0 fully saturated rings. The van der Waals surface area contributed by atoms with Crippen LogP contribution in [0.1, 0.15) is 17.2 Å². The molecule has 1 unspecified atom stereocenters. The molecule has 3 heteroatoms. The first-order valence-corrected chi connectivity index (χ1v) is 7.21. The van der Waals surface area contributed by atoms with E-state index in [2.05, 4.69) is 62.8 Å². The maximum atomic E-state index is 10.2. The Balaban J connectivity index is 2.14. The van der Waals surface area contributed by atoms with Crippen LogP contribution in [0.2, 0.25) is 0 Å². The maximum Gasteiger partial charge on any atom is 0.0841 e. The number of aliphatic hydroxyl groups is 1. The summed E-state index contributed by atoms with van der Waals surface area (Å²) in [4.78, 5) is 0. The van der Waals surface area contributed by atoms with Gasteiger partial charge in [0.25, 0.3) is 0 Å². The van der Waals surface area contributed by atoms with Gasteiger partial charge >= 0.3 is 0 Å². The van der Waals surface area contributed by atoms with Crippen molar-refractivity contribution in [1.82, 2.24) is 0 Å². The summed E-state index contributed by atoms with van der Waals surface area (Å²) in [6.45, 7) is 0. The molecule has 2 aromatic carbocycles. The number of hydrogen-bond acceptors (Lipinski definition) is 1. The summed E-state index contributed by atoms with van der Waals surface area (Å²) in [5.74, 6) is 0. The van der Waals surface area contributed by atoms with Gasteiger partial charge < -0.3 is 5.11 Å². The minimum absolute atomic E-state index is 0.467. The molecule has 0 bridgehead atoms. The van der Waals surface area contributed by atoms with E-state index in [1.54, 1.807) is 0 Å². The average molecular weight is 403 g/mol. The van der Waals surface area contributed by atoms with Crippen molar-refractivity contribution in [2.24, 2.45) is 0 Å². The molecule has 0 aliphatic carbocycles. The molecule has 1 N–H and O–H groups in total. The molecule has 2 aromatic rings. The van der Waals surface area contributed by atoms with E-state index < -0.39 is 6.10 Å². The molecular weight excluding hydrogens is 391 g/mol.